The van der Waals surface area contributed by atoms with Crippen LogP contribution in [0.3, 0.4) is 0 Å². The maximum atomic E-state index is 13.8. The Hall–Kier alpha value is -2.17. The molecule has 0 saturated heterocycles. The van der Waals surface area contributed by atoms with Gasteiger partial charge >= 0.3 is 0 Å². The van der Waals surface area contributed by atoms with Crippen molar-refractivity contribution in [3.05, 3.63) is 47.0 Å². The Bertz CT molecular complexity index is 857. The number of carbonyl (C=O) groups excluding carboxylic acids is 1. The van der Waals surface area contributed by atoms with Crippen LogP contribution in [0.1, 0.15) is 87.4 Å². The predicted molar refractivity (Wildman–Crippen MR) is 105 cm³/mol. The number of H-pyrrole nitrogens is 1. The van der Waals surface area contributed by atoms with Crippen molar-refractivity contribution in [3.63, 3.8) is 0 Å². The summed E-state index contributed by atoms with van der Waals surface area (Å²) in [6.07, 6.45) is 4.03. The molecule has 0 aliphatic heterocycles. The van der Waals surface area contributed by atoms with Gasteiger partial charge in [-0.1, -0.05) is 26.8 Å². The zero-order valence-corrected chi connectivity index (χ0v) is 17.2. The summed E-state index contributed by atoms with van der Waals surface area (Å²) in [7, 11) is 0. The molecule has 2 aromatic rings. The fraction of sp³-hybridized carbons (Fsp3) is 0.591. The summed E-state index contributed by atoms with van der Waals surface area (Å²) >= 11 is 0. The van der Waals surface area contributed by atoms with Crippen molar-refractivity contribution in [3.8, 4) is 0 Å². The third-order valence-electron chi connectivity index (χ3n) is 5.85. The minimum Gasteiger partial charge on any atom is -0.323 e. The van der Waals surface area contributed by atoms with Gasteiger partial charge in [0.1, 0.15) is 0 Å². The summed E-state index contributed by atoms with van der Waals surface area (Å²) in [5, 5.41) is 7.64. The fourth-order valence-electron chi connectivity index (χ4n) is 4.58. The quantitative estimate of drug-likeness (QED) is 0.870. The Morgan fingerprint density at radius 1 is 1.22 bits per heavy atom. The molecule has 0 radical (unpaired) electrons. The van der Waals surface area contributed by atoms with Crippen molar-refractivity contribution in [2.24, 2.45) is 11.3 Å². The van der Waals surface area contributed by atoms with Crippen LogP contribution in [0.15, 0.2) is 24.4 Å². The van der Waals surface area contributed by atoms with Gasteiger partial charge in [-0.3, -0.25) is 14.9 Å². The van der Waals surface area contributed by atoms with E-state index >= 15 is 0 Å². The summed E-state index contributed by atoms with van der Waals surface area (Å²) in [4.78, 5) is 20.4. The van der Waals surface area contributed by atoms with E-state index in [1.165, 1.54) is 12.1 Å². The molecule has 144 valence electrons. The highest BCUT2D eigenvalue weighted by molar-refractivity contribution is 5.95. The lowest BCUT2D eigenvalue weighted by Gasteiger charge is -2.46. The van der Waals surface area contributed by atoms with Gasteiger partial charge in [0.2, 0.25) is 0 Å². The van der Waals surface area contributed by atoms with E-state index in [1.54, 1.807) is 6.20 Å². The topological polar surface area (TPSA) is 61.9 Å². The van der Waals surface area contributed by atoms with Crippen LogP contribution in [0, 0.1) is 11.3 Å². The van der Waals surface area contributed by atoms with Gasteiger partial charge in [-0.15, -0.1) is 0 Å². The number of nitrogens with one attached hydrogen (secondary N) is 1. The lowest BCUT2D eigenvalue weighted by molar-refractivity contribution is 0.0160. The zero-order chi connectivity index (χ0) is 19.6. The molecule has 3 atom stereocenters. The molecular formula is C22H30N4O. The van der Waals surface area contributed by atoms with Gasteiger partial charge in [0.25, 0.3) is 5.91 Å². The number of aromatic amines is 1. The van der Waals surface area contributed by atoms with E-state index in [0.717, 1.165) is 23.6 Å². The minimum absolute atomic E-state index is 0.00637. The van der Waals surface area contributed by atoms with Crippen molar-refractivity contribution >= 4 is 5.91 Å². The first kappa shape index (κ1) is 18.2. The number of carbonyl (C=O) groups is 1. The highest BCUT2D eigenvalue weighted by Crippen LogP contribution is 2.56. The number of hydrogen-bond acceptors (Lipinski definition) is 3. The molecule has 3 unspecified atom stereocenters. The molecule has 2 heterocycles. The molecule has 0 spiro atoms. The van der Waals surface area contributed by atoms with Gasteiger partial charge in [0.05, 0.1) is 11.7 Å². The molecule has 1 saturated carbocycles. The largest absolute Gasteiger partial charge is 0.323 e. The molecule has 0 aromatic carbocycles. The summed E-state index contributed by atoms with van der Waals surface area (Å²) in [6.45, 7) is 12.8. The summed E-state index contributed by atoms with van der Waals surface area (Å²) in [5.74, 6) is 1.33. The van der Waals surface area contributed by atoms with Crippen LogP contribution in [-0.4, -0.2) is 31.5 Å². The maximum absolute atomic E-state index is 13.8. The Morgan fingerprint density at radius 2 is 1.96 bits per heavy atom. The molecule has 2 aliphatic carbocycles. The predicted octanol–water partition coefficient (Wildman–Crippen LogP) is 4.49. The standard InChI is InChI=1S/C22H30N4O/c1-21(2,3)19(16-9-7-8-10-23-16)26(22(4,5)6)20(27)18-15-12-13-11-14(13)17(15)24-25-18/h7-10,13-14,19H,11-12H2,1-6H3,(H,24,25). The first-order valence-corrected chi connectivity index (χ1v) is 9.90. The minimum atomic E-state index is -0.361. The zero-order valence-electron chi connectivity index (χ0n) is 17.2. The number of aromatic nitrogens is 3. The highest BCUT2D eigenvalue weighted by Gasteiger charge is 2.50. The highest BCUT2D eigenvalue weighted by atomic mass is 16.2. The van der Waals surface area contributed by atoms with Gasteiger partial charge in [-0.05, 0) is 57.1 Å². The smallest absolute Gasteiger partial charge is 0.275 e. The number of pyridine rings is 1. The number of rotatable bonds is 3. The summed E-state index contributed by atoms with van der Waals surface area (Å²) < 4.78 is 0. The molecule has 2 aromatic heterocycles. The Kier molecular flexibility index (Phi) is 3.99. The lowest BCUT2D eigenvalue weighted by atomic mass is 9.81. The summed E-state index contributed by atoms with van der Waals surface area (Å²) in [6, 6.07) is 5.78. The molecule has 2 aliphatic rings. The Balaban J connectivity index is 1.79. The van der Waals surface area contributed by atoms with E-state index in [0.29, 0.717) is 11.6 Å². The van der Waals surface area contributed by atoms with E-state index in [-0.39, 0.29) is 22.9 Å². The second-order valence-corrected chi connectivity index (χ2v) is 10.1. The van der Waals surface area contributed by atoms with Crippen LogP contribution in [0.5, 0.6) is 0 Å². The molecule has 4 rings (SSSR count). The van der Waals surface area contributed by atoms with E-state index < -0.39 is 0 Å². The molecule has 0 bridgehead atoms. The van der Waals surface area contributed by atoms with Gasteiger partial charge in [0, 0.05) is 28.9 Å². The average Bonchev–Trinajstić information content (AvgIpc) is 3.05. The van der Waals surface area contributed by atoms with Gasteiger partial charge in [-0.25, -0.2) is 0 Å². The SMILES string of the molecule is CC(C)(C)C(c1ccccn1)N(C(=O)c1n[nH]c2c1CC1CC21)C(C)(C)C. The van der Waals surface area contributed by atoms with Crippen LogP contribution < -0.4 is 0 Å². The van der Waals surface area contributed by atoms with Crippen LogP contribution >= 0.6 is 0 Å². The second kappa shape index (κ2) is 5.91. The first-order chi connectivity index (χ1) is 12.6. The van der Waals surface area contributed by atoms with Gasteiger partial charge in [-0.2, -0.15) is 5.10 Å². The average molecular weight is 367 g/mol. The van der Waals surface area contributed by atoms with Crippen molar-refractivity contribution in [2.75, 3.05) is 0 Å². The maximum Gasteiger partial charge on any atom is 0.275 e. The molecule has 27 heavy (non-hydrogen) atoms. The van der Waals surface area contributed by atoms with Crippen LogP contribution in [0.2, 0.25) is 0 Å². The second-order valence-electron chi connectivity index (χ2n) is 10.1. The van der Waals surface area contributed by atoms with Crippen LogP contribution in [0.4, 0.5) is 0 Å². The molecular weight excluding hydrogens is 336 g/mol. The monoisotopic (exact) mass is 366 g/mol. The van der Waals surface area contributed by atoms with E-state index in [2.05, 4.69) is 56.7 Å². The van der Waals surface area contributed by atoms with Crippen molar-refractivity contribution in [1.82, 2.24) is 20.1 Å². The number of fused-ring (bicyclic) bond motifs is 3. The number of nitrogens with zero attached hydrogens (tertiary/aromatic N) is 3. The van der Waals surface area contributed by atoms with Gasteiger partial charge in [0.15, 0.2) is 5.69 Å². The van der Waals surface area contributed by atoms with Crippen molar-refractivity contribution < 1.29 is 4.79 Å². The third kappa shape index (κ3) is 3.07. The number of amides is 1. The van der Waals surface area contributed by atoms with E-state index in [1.807, 2.05) is 23.1 Å². The first-order valence-electron chi connectivity index (χ1n) is 9.90. The van der Waals surface area contributed by atoms with E-state index in [4.69, 9.17) is 0 Å². The molecule has 1 fully saturated rings. The third-order valence-corrected chi connectivity index (χ3v) is 5.85. The van der Waals surface area contributed by atoms with Crippen LogP contribution in [-0.2, 0) is 6.42 Å². The van der Waals surface area contributed by atoms with E-state index in [9.17, 15) is 4.79 Å². The van der Waals surface area contributed by atoms with Crippen molar-refractivity contribution in [1.29, 1.82) is 0 Å². The molecule has 5 heteroatoms. The molecule has 5 nitrogen and oxygen atoms in total. The lowest BCUT2D eigenvalue weighted by Crippen LogP contribution is -2.52. The Labute approximate surface area is 161 Å². The summed E-state index contributed by atoms with van der Waals surface area (Å²) in [5.41, 5.74) is 3.34. The fourth-order valence-corrected chi connectivity index (χ4v) is 4.58. The van der Waals surface area contributed by atoms with Crippen LogP contribution in [0.25, 0.3) is 0 Å². The number of hydrogen-bond donors (Lipinski definition) is 1. The Morgan fingerprint density at radius 3 is 2.56 bits per heavy atom. The van der Waals surface area contributed by atoms with Gasteiger partial charge < -0.3 is 4.90 Å². The van der Waals surface area contributed by atoms with Crippen molar-refractivity contribution in [2.45, 2.75) is 71.9 Å². The normalized spacial score (nSPS) is 22.1. The molecule has 1 N–H and O–H groups in total. The molecule has 1 amide bonds.